The van der Waals surface area contributed by atoms with Gasteiger partial charge in [-0.3, -0.25) is 0 Å². The summed E-state index contributed by atoms with van der Waals surface area (Å²) in [7, 11) is 0. The van der Waals surface area contributed by atoms with Crippen LogP contribution in [0.25, 0.3) is 0 Å². The summed E-state index contributed by atoms with van der Waals surface area (Å²) in [5, 5.41) is 0. The van der Waals surface area contributed by atoms with Gasteiger partial charge in [0.1, 0.15) is 12.0 Å². The minimum Gasteiger partial charge on any atom is -0.410 e. The van der Waals surface area contributed by atoms with Gasteiger partial charge >= 0.3 is 6.09 Å². The van der Waals surface area contributed by atoms with Gasteiger partial charge in [-0.2, -0.15) is 0 Å². The van der Waals surface area contributed by atoms with E-state index in [0.29, 0.717) is 12.3 Å². The SMILES string of the molecule is O=C[C@H]1C[C@H]2C=C[C@H]1N(C(=O)Oc1ccccc1)C2. The molecule has 0 spiro atoms. The second-order valence-corrected chi connectivity index (χ2v) is 5.00. The van der Waals surface area contributed by atoms with Crippen molar-refractivity contribution in [3.63, 3.8) is 0 Å². The third kappa shape index (κ3) is 2.26. The lowest BCUT2D eigenvalue weighted by Crippen LogP contribution is -2.54. The fraction of sp³-hybridized carbons (Fsp3) is 0.333. The van der Waals surface area contributed by atoms with Crippen LogP contribution >= 0.6 is 0 Å². The van der Waals surface area contributed by atoms with Crippen LogP contribution < -0.4 is 4.74 Å². The number of carbonyl (C=O) groups excluding carboxylic acids is 2. The fourth-order valence-electron chi connectivity index (χ4n) is 2.81. The maximum atomic E-state index is 12.2. The van der Waals surface area contributed by atoms with Crippen molar-refractivity contribution in [3.8, 4) is 5.75 Å². The molecule has 4 nitrogen and oxygen atoms in total. The van der Waals surface area contributed by atoms with Gasteiger partial charge in [-0.1, -0.05) is 30.4 Å². The lowest BCUT2D eigenvalue weighted by atomic mass is 9.78. The minimum absolute atomic E-state index is 0.105. The molecule has 3 aliphatic rings. The number of nitrogens with zero attached hydrogens (tertiary/aromatic N) is 1. The Hall–Kier alpha value is -2.10. The first kappa shape index (κ1) is 12.0. The van der Waals surface area contributed by atoms with E-state index in [4.69, 9.17) is 4.74 Å². The van der Waals surface area contributed by atoms with Crippen LogP contribution in [0.2, 0.25) is 0 Å². The first-order valence-electron chi connectivity index (χ1n) is 6.45. The number of aldehydes is 1. The summed E-state index contributed by atoms with van der Waals surface area (Å²) in [6.45, 7) is 0.636. The highest BCUT2D eigenvalue weighted by atomic mass is 16.6. The molecule has 3 atom stereocenters. The lowest BCUT2D eigenvalue weighted by molar-refractivity contribution is -0.114. The van der Waals surface area contributed by atoms with E-state index in [1.807, 2.05) is 24.3 Å². The molecule has 4 rings (SSSR count). The van der Waals surface area contributed by atoms with E-state index in [0.717, 1.165) is 12.7 Å². The number of carbonyl (C=O) groups is 2. The Labute approximate surface area is 111 Å². The van der Waals surface area contributed by atoms with Crippen LogP contribution in [0.1, 0.15) is 6.42 Å². The summed E-state index contributed by atoms with van der Waals surface area (Å²) in [6.07, 6.45) is 5.44. The van der Waals surface area contributed by atoms with Gasteiger partial charge in [-0.15, -0.1) is 0 Å². The van der Waals surface area contributed by atoms with E-state index in [1.54, 1.807) is 17.0 Å². The Morgan fingerprint density at radius 3 is 2.74 bits per heavy atom. The van der Waals surface area contributed by atoms with Gasteiger partial charge in [-0.25, -0.2) is 4.79 Å². The van der Waals surface area contributed by atoms with Crippen molar-refractivity contribution in [1.82, 2.24) is 4.90 Å². The number of hydrogen-bond acceptors (Lipinski definition) is 3. The van der Waals surface area contributed by atoms with E-state index in [9.17, 15) is 9.59 Å². The summed E-state index contributed by atoms with van der Waals surface area (Å²) in [6, 6.07) is 8.84. The summed E-state index contributed by atoms with van der Waals surface area (Å²) in [5.41, 5.74) is 0. The normalized spacial score (nSPS) is 28.2. The molecule has 1 aromatic carbocycles. The summed E-state index contributed by atoms with van der Waals surface area (Å²) in [5.74, 6) is 0.691. The van der Waals surface area contributed by atoms with Crippen LogP contribution in [0.3, 0.4) is 0 Å². The minimum atomic E-state index is -0.378. The predicted molar refractivity (Wildman–Crippen MR) is 69.8 cm³/mol. The van der Waals surface area contributed by atoms with Crippen LogP contribution in [0.4, 0.5) is 4.79 Å². The molecule has 0 radical (unpaired) electrons. The molecule has 0 N–H and O–H groups in total. The first-order chi connectivity index (χ1) is 9.28. The van der Waals surface area contributed by atoms with Crippen molar-refractivity contribution in [1.29, 1.82) is 0 Å². The average Bonchev–Trinajstić information content (AvgIpc) is 2.48. The molecule has 2 aliphatic heterocycles. The van der Waals surface area contributed by atoms with Crippen LogP contribution in [0.5, 0.6) is 5.75 Å². The molecule has 1 saturated heterocycles. The number of para-hydroxylation sites is 1. The molecule has 0 unspecified atom stereocenters. The van der Waals surface area contributed by atoms with E-state index < -0.39 is 0 Å². The predicted octanol–water partition coefficient (Wildman–Crippen LogP) is 2.26. The van der Waals surface area contributed by atoms with Gasteiger partial charge in [0.15, 0.2) is 0 Å². The molecule has 2 heterocycles. The number of amides is 1. The van der Waals surface area contributed by atoms with Crippen molar-refractivity contribution < 1.29 is 14.3 Å². The van der Waals surface area contributed by atoms with Crippen molar-refractivity contribution in [2.45, 2.75) is 12.5 Å². The van der Waals surface area contributed by atoms with Gasteiger partial charge in [0.25, 0.3) is 0 Å². The Balaban J connectivity index is 1.74. The van der Waals surface area contributed by atoms with Crippen LogP contribution in [-0.4, -0.2) is 29.9 Å². The molecule has 1 aliphatic carbocycles. The monoisotopic (exact) mass is 257 g/mol. The van der Waals surface area contributed by atoms with E-state index in [-0.39, 0.29) is 24.0 Å². The molecule has 1 aromatic rings. The van der Waals surface area contributed by atoms with Crippen molar-refractivity contribution in [3.05, 3.63) is 42.5 Å². The Bertz CT molecular complexity index is 511. The average molecular weight is 257 g/mol. The molecule has 1 amide bonds. The molecule has 0 aromatic heterocycles. The van der Waals surface area contributed by atoms with Crippen LogP contribution in [0, 0.1) is 11.8 Å². The Kier molecular flexibility index (Phi) is 3.07. The summed E-state index contributed by atoms with van der Waals surface area (Å²) < 4.78 is 5.34. The van der Waals surface area contributed by atoms with Crippen molar-refractivity contribution in [2.75, 3.05) is 6.54 Å². The quantitative estimate of drug-likeness (QED) is 0.603. The van der Waals surface area contributed by atoms with Crippen molar-refractivity contribution >= 4 is 12.4 Å². The smallest absolute Gasteiger partial charge is 0.410 e. The number of rotatable bonds is 2. The van der Waals surface area contributed by atoms with Crippen molar-refractivity contribution in [2.24, 2.45) is 11.8 Å². The van der Waals surface area contributed by atoms with E-state index in [2.05, 4.69) is 6.08 Å². The lowest BCUT2D eigenvalue weighted by Gasteiger charge is -2.43. The third-order valence-corrected chi connectivity index (χ3v) is 3.74. The Morgan fingerprint density at radius 1 is 1.26 bits per heavy atom. The zero-order valence-corrected chi connectivity index (χ0v) is 10.4. The number of piperidine rings is 1. The number of hydrogen-bond donors (Lipinski definition) is 0. The highest BCUT2D eigenvalue weighted by Crippen LogP contribution is 2.33. The fourth-order valence-corrected chi connectivity index (χ4v) is 2.81. The molecule has 1 fully saturated rings. The third-order valence-electron chi connectivity index (χ3n) is 3.74. The standard InChI is InChI=1S/C15H15NO3/c17-10-12-8-11-6-7-14(12)16(9-11)15(18)19-13-4-2-1-3-5-13/h1-7,10-12,14H,8-9H2/t11-,12-,14-/m1/s1. The molecule has 4 heteroatoms. The summed E-state index contributed by atoms with van der Waals surface area (Å²) in [4.78, 5) is 24.9. The maximum Gasteiger partial charge on any atom is 0.415 e. The second kappa shape index (κ2) is 4.88. The molecular weight excluding hydrogens is 242 g/mol. The summed E-state index contributed by atoms with van der Waals surface area (Å²) >= 11 is 0. The van der Waals surface area contributed by atoms with Crippen LogP contribution in [-0.2, 0) is 4.79 Å². The highest BCUT2D eigenvalue weighted by Gasteiger charge is 2.40. The Morgan fingerprint density at radius 2 is 2.05 bits per heavy atom. The first-order valence-corrected chi connectivity index (χ1v) is 6.45. The van der Waals surface area contributed by atoms with Gasteiger partial charge in [0.2, 0.25) is 0 Å². The molecular formula is C15H15NO3. The van der Waals surface area contributed by atoms with Crippen LogP contribution in [0.15, 0.2) is 42.5 Å². The highest BCUT2D eigenvalue weighted by molar-refractivity contribution is 5.73. The van der Waals surface area contributed by atoms with E-state index in [1.165, 1.54) is 0 Å². The zero-order valence-electron chi connectivity index (χ0n) is 10.4. The number of ether oxygens (including phenoxy) is 1. The number of benzene rings is 1. The second-order valence-electron chi connectivity index (χ2n) is 5.00. The van der Waals surface area contributed by atoms with Gasteiger partial charge in [0, 0.05) is 12.5 Å². The molecule has 98 valence electrons. The topological polar surface area (TPSA) is 46.6 Å². The van der Waals surface area contributed by atoms with Gasteiger partial charge < -0.3 is 14.4 Å². The number of fused-ring (bicyclic) bond motifs is 2. The molecule has 19 heavy (non-hydrogen) atoms. The van der Waals surface area contributed by atoms with Gasteiger partial charge in [0.05, 0.1) is 6.04 Å². The largest absolute Gasteiger partial charge is 0.415 e. The van der Waals surface area contributed by atoms with Gasteiger partial charge in [-0.05, 0) is 24.5 Å². The zero-order chi connectivity index (χ0) is 13.2. The molecule has 0 saturated carbocycles. The molecule has 2 bridgehead atoms. The van der Waals surface area contributed by atoms with E-state index >= 15 is 0 Å². The maximum absolute atomic E-state index is 12.2.